The molecule has 0 bridgehead atoms. The van der Waals surface area contributed by atoms with Gasteiger partial charge in [0.1, 0.15) is 0 Å². The van der Waals surface area contributed by atoms with Crippen LogP contribution in [-0.4, -0.2) is 12.1 Å². The van der Waals surface area contributed by atoms with Crippen LogP contribution in [0, 0.1) is 5.92 Å². The Morgan fingerprint density at radius 3 is 2.60 bits per heavy atom. The van der Waals surface area contributed by atoms with Crippen molar-refractivity contribution in [2.45, 2.75) is 52.1 Å². The zero-order valence-corrected chi connectivity index (χ0v) is 7.35. The Balaban J connectivity index is 2.01. The molecular weight excluding hydrogens is 122 g/mol. The van der Waals surface area contributed by atoms with Crippen molar-refractivity contribution in [1.29, 1.82) is 0 Å². The summed E-state index contributed by atoms with van der Waals surface area (Å²) in [7, 11) is 0. The van der Waals surface area contributed by atoms with Crippen LogP contribution in [0.1, 0.15) is 40.0 Å². The quantitative estimate of drug-likeness (QED) is 0.632. The van der Waals surface area contributed by atoms with Crippen LogP contribution in [0.5, 0.6) is 0 Å². The first-order valence-corrected chi connectivity index (χ1v) is 4.50. The monoisotopic (exact) mass is 141 g/mol. The molecule has 0 saturated heterocycles. The maximum Gasteiger partial charge on any atom is 0.00988 e. The second-order valence-corrected chi connectivity index (χ2v) is 3.68. The van der Waals surface area contributed by atoms with E-state index in [4.69, 9.17) is 0 Å². The van der Waals surface area contributed by atoms with Gasteiger partial charge in [-0.2, -0.15) is 0 Å². The molecule has 1 rings (SSSR count). The molecule has 1 nitrogen and oxygen atoms in total. The largest absolute Gasteiger partial charge is 0.311 e. The maximum absolute atomic E-state index is 3.60. The molecule has 0 aliphatic heterocycles. The van der Waals surface area contributed by atoms with E-state index in [-0.39, 0.29) is 0 Å². The van der Waals surface area contributed by atoms with Crippen LogP contribution < -0.4 is 5.32 Å². The van der Waals surface area contributed by atoms with Gasteiger partial charge in [-0.05, 0) is 25.7 Å². The van der Waals surface area contributed by atoms with Crippen LogP contribution in [0.3, 0.4) is 0 Å². The van der Waals surface area contributed by atoms with Gasteiger partial charge >= 0.3 is 0 Å². The first-order valence-electron chi connectivity index (χ1n) is 4.50. The summed E-state index contributed by atoms with van der Waals surface area (Å²) in [5.41, 5.74) is 0. The molecule has 1 aliphatic carbocycles. The number of hydrogen-bond donors (Lipinski definition) is 1. The molecule has 1 fully saturated rings. The average Bonchev–Trinajstić information content (AvgIpc) is 2.47. The fraction of sp³-hybridized carbons (Fsp3) is 1.00. The minimum Gasteiger partial charge on any atom is -0.311 e. The minimum absolute atomic E-state index is 0.736. The van der Waals surface area contributed by atoms with Crippen molar-refractivity contribution in [2.75, 3.05) is 0 Å². The molecule has 0 aromatic rings. The van der Waals surface area contributed by atoms with E-state index in [0.717, 1.165) is 18.0 Å². The molecule has 1 aliphatic rings. The molecule has 0 radical (unpaired) electrons. The number of rotatable bonds is 4. The molecule has 0 heterocycles. The van der Waals surface area contributed by atoms with Crippen molar-refractivity contribution in [2.24, 2.45) is 5.92 Å². The van der Waals surface area contributed by atoms with Crippen molar-refractivity contribution in [3.05, 3.63) is 0 Å². The zero-order valence-electron chi connectivity index (χ0n) is 7.35. The molecular formula is C9H19N. The lowest BCUT2D eigenvalue weighted by atomic mass is 10.2. The van der Waals surface area contributed by atoms with E-state index in [1.54, 1.807) is 0 Å². The summed E-state index contributed by atoms with van der Waals surface area (Å²) in [6.07, 6.45) is 4.02. The predicted molar refractivity (Wildman–Crippen MR) is 45.1 cm³/mol. The topological polar surface area (TPSA) is 12.0 Å². The zero-order chi connectivity index (χ0) is 7.56. The van der Waals surface area contributed by atoms with Crippen LogP contribution in [-0.2, 0) is 0 Å². The summed E-state index contributed by atoms with van der Waals surface area (Å²) in [6, 6.07) is 1.58. The average molecular weight is 141 g/mol. The summed E-state index contributed by atoms with van der Waals surface area (Å²) < 4.78 is 0. The van der Waals surface area contributed by atoms with Gasteiger partial charge in [0.05, 0.1) is 0 Å². The Morgan fingerprint density at radius 1 is 1.60 bits per heavy atom. The van der Waals surface area contributed by atoms with Crippen LogP contribution >= 0.6 is 0 Å². The van der Waals surface area contributed by atoms with Crippen LogP contribution in [0.25, 0.3) is 0 Å². The molecule has 0 amide bonds. The SMILES string of the molecule is CCCC(C)NC1CC1C. The van der Waals surface area contributed by atoms with Gasteiger partial charge in [-0.3, -0.25) is 0 Å². The van der Waals surface area contributed by atoms with Gasteiger partial charge in [-0.25, -0.2) is 0 Å². The summed E-state index contributed by atoms with van der Waals surface area (Å²) >= 11 is 0. The van der Waals surface area contributed by atoms with Crippen molar-refractivity contribution in [1.82, 2.24) is 5.32 Å². The molecule has 1 N–H and O–H groups in total. The van der Waals surface area contributed by atoms with Gasteiger partial charge in [0.2, 0.25) is 0 Å². The molecule has 10 heavy (non-hydrogen) atoms. The Morgan fingerprint density at radius 2 is 2.20 bits per heavy atom. The second-order valence-electron chi connectivity index (χ2n) is 3.68. The highest BCUT2D eigenvalue weighted by atomic mass is 15.0. The standard InChI is InChI=1S/C9H19N/c1-4-5-8(3)10-9-6-7(9)2/h7-10H,4-6H2,1-3H3. The van der Waals surface area contributed by atoms with E-state index in [0.29, 0.717) is 0 Å². The van der Waals surface area contributed by atoms with E-state index in [1.165, 1.54) is 19.3 Å². The van der Waals surface area contributed by atoms with Crippen LogP contribution in [0.2, 0.25) is 0 Å². The second kappa shape index (κ2) is 3.38. The van der Waals surface area contributed by atoms with E-state index in [9.17, 15) is 0 Å². The smallest absolute Gasteiger partial charge is 0.00988 e. The van der Waals surface area contributed by atoms with Gasteiger partial charge in [0, 0.05) is 12.1 Å². The van der Waals surface area contributed by atoms with Crippen molar-refractivity contribution in [3.8, 4) is 0 Å². The Hall–Kier alpha value is -0.0400. The third-order valence-electron chi connectivity index (χ3n) is 2.33. The molecule has 1 saturated carbocycles. The predicted octanol–water partition coefficient (Wildman–Crippen LogP) is 2.17. The first kappa shape index (κ1) is 8.06. The van der Waals surface area contributed by atoms with Crippen molar-refractivity contribution >= 4 is 0 Å². The highest BCUT2D eigenvalue weighted by molar-refractivity contribution is 4.90. The Kier molecular flexibility index (Phi) is 2.72. The maximum atomic E-state index is 3.60. The lowest BCUT2D eigenvalue weighted by molar-refractivity contribution is 0.494. The van der Waals surface area contributed by atoms with Gasteiger partial charge in [0.25, 0.3) is 0 Å². The fourth-order valence-corrected chi connectivity index (χ4v) is 1.44. The lowest BCUT2D eigenvalue weighted by Crippen LogP contribution is -2.28. The van der Waals surface area contributed by atoms with Gasteiger partial charge in [-0.1, -0.05) is 20.3 Å². The highest BCUT2D eigenvalue weighted by Crippen LogP contribution is 2.29. The summed E-state index contributed by atoms with van der Waals surface area (Å²) in [5.74, 6) is 0.944. The summed E-state index contributed by atoms with van der Waals surface area (Å²) in [5, 5.41) is 3.60. The first-order chi connectivity index (χ1) is 4.74. The van der Waals surface area contributed by atoms with Gasteiger partial charge < -0.3 is 5.32 Å². The van der Waals surface area contributed by atoms with E-state index in [1.807, 2.05) is 0 Å². The Bertz CT molecular complexity index is 101. The Labute approximate surface area is 64.2 Å². The number of hydrogen-bond acceptors (Lipinski definition) is 1. The van der Waals surface area contributed by atoms with Crippen LogP contribution in [0.4, 0.5) is 0 Å². The van der Waals surface area contributed by atoms with E-state index < -0.39 is 0 Å². The molecule has 0 spiro atoms. The third kappa shape index (κ3) is 2.30. The minimum atomic E-state index is 0.736. The normalized spacial score (nSPS) is 33.9. The molecule has 60 valence electrons. The fourth-order valence-electron chi connectivity index (χ4n) is 1.44. The van der Waals surface area contributed by atoms with Gasteiger partial charge in [0.15, 0.2) is 0 Å². The molecule has 0 aromatic carbocycles. The highest BCUT2D eigenvalue weighted by Gasteiger charge is 2.32. The molecule has 3 unspecified atom stereocenters. The van der Waals surface area contributed by atoms with Gasteiger partial charge in [-0.15, -0.1) is 0 Å². The molecule has 1 heteroatoms. The summed E-state index contributed by atoms with van der Waals surface area (Å²) in [4.78, 5) is 0. The van der Waals surface area contributed by atoms with Crippen molar-refractivity contribution in [3.63, 3.8) is 0 Å². The molecule has 0 aromatic heterocycles. The summed E-state index contributed by atoms with van der Waals surface area (Å²) in [6.45, 7) is 6.85. The van der Waals surface area contributed by atoms with E-state index in [2.05, 4.69) is 26.1 Å². The molecule has 3 atom stereocenters. The third-order valence-corrected chi connectivity index (χ3v) is 2.33. The lowest BCUT2D eigenvalue weighted by Gasteiger charge is -2.11. The van der Waals surface area contributed by atoms with Crippen LogP contribution in [0.15, 0.2) is 0 Å². The van der Waals surface area contributed by atoms with E-state index >= 15 is 0 Å². The van der Waals surface area contributed by atoms with Crippen molar-refractivity contribution < 1.29 is 0 Å². The number of nitrogens with one attached hydrogen (secondary N) is 1.